The molecule has 1 rings (SSSR count). The highest BCUT2D eigenvalue weighted by atomic mass is 79.9. The van der Waals surface area contributed by atoms with Gasteiger partial charge in [-0.25, -0.2) is 0 Å². The van der Waals surface area contributed by atoms with Gasteiger partial charge in [0.25, 0.3) is 0 Å². The molecule has 0 fully saturated rings. The molecule has 74 valence electrons. The quantitative estimate of drug-likeness (QED) is 0.763. The first-order valence-electron chi connectivity index (χ1n) is 4.66. The van der Waals surface area contributed by atoms with E-state index in [2.05, 4.69) is 51.5 Å². The predicted octanol–water partition coefficient (Wildman–Crippen LogP) is 2.39. The molecule has 3 nitrogen and oxygen atoms in total. The van der Waals surface area contributed by atoms with Crippen LogP contribution in [0.25, 0.3) is 0 Å². The molecule has 0 atom stereocenters. The maximum atomic E-state index is 4.18. The van der Waals surface area contributed by atoms with Gasteiger partial charge in [-0.1, -0.05) is 29.8 Å². The lowest BCUT2D eigenvalue weighted by atomic mass is 10.1. The van der Waals surface area contributed by atoms with E-state index in [1.165, 1.54) is 0 Å². The average molecular weight is 246 g/mol. The minimum absolute atomic E-state index is 0.637. The smallest absolute Gasteiger partial charge is 0.143 e. The molecule has 0 N–H and O–H groups in total. The summed E-state index contributed by atoms with van der Waals surface area (Å²) in [5, 5.41) is 9.09. The van der Waals surface area contributed by atoms with Crippen LogP contribution in [-0.4, -0.2) is 14.8 Å². The van der Waals surface area contributed by atoms with Crippen LogP contribution in [0.1, 0.15) is 32.4 Å². The minimum Gasteiger partial charge on any atom is -0.315 e. The predicted molar refractivity (Wildman–Crippen MR) is 56.9 cm³/mol. The first-order valence-corrected chi connectivity index (χ1v) is 5.78. The summed E-state index contributed by atoms with van der Waals surface area (Å²) < 4.78 is 2.18. The molecular weight excluding hydrogens is 230 g/mol. The van der Waals surface area contributed by atoms with Crippen LogP contribution >= 0.6 is 15.9 Å². The molecule has 0 bridgehead atoms. The number of hydrogen-bond acceptors (Lipinski definition) is 2. The summed E-state index contributed by atoms with van der Waals surface area (Å²) >= 11 is 3.41. The molecule has 0 saturated heterocycles. The number of hydrogen-bond donors (Lipinski definition) is 0. The van der Waals surface area contributed by atoms with E-state index in [4.69, 9.17) is 0 Å². The van der Waals surface area contributed by atoms with Crippen LogP contribution in [-0.2, 0) is 18.3 Å². The topological polar surface area (TPSA) is 30.7 Å². The van der Waals surface area contributed by atoms with Gasteiger partial charge in [0.05, 0.1) is 5.33 Å². The summed E-state index contributed by atoms with van der Waals surface area (Å²) in [6.45, 7) is 7.47. The molecule has 1 heterocycles. The van der Waals surface area contributed by atoms with E-state index in [-0.39, 0.29) is 0 Å². The van der Waals surface area contributed by atoms with Gasteiger partial charge in [-0.2, -0.15) is 0 Å². The van der Waals surface area contributed by atoms with Gasteiger partial charge in [0.1, 0.15) is 11.6 Å². The van der Waals surface area contributed by atoms with Crippen LogP contribution in [0.5, 0.6) is 0 Å². The van der Waals surface area contributed by atoms with Gasteiger partial charge < -0.3 is 4.57 Å². The number of alkyl halides is 1. The monoisotopic (exact) mass is 245 g/mol. The Balaban J connectivity index is 2.87. The molecule has 0 saturated carbocycles. The Hall–Kier alpha value is -0.380. The number of aromatic nitrogens is 3. The fourth-order valence-corrected chi connectivity index (χ4v) is 1.77. The maximum absolute atomic E-state index is 4.18. The molecule has 0 spiro atoms. The van der Waals surface area contributed by atoms with Crippen molar-refractivity contribution >= 4 is 15.9 Å². The van der Waals surface area contributed by atoms with E-state index >= 15 is 0 Å². The van der Waals surface area contributed by atoms with Crippen molar-refractivity contribution in [1.29, 1.82) is 0 Å². The summed E-state index contributed by atoms with van der Waals surface area (Å²) in [6.07, 6.45) is 1.01. The molecule has 0 unspecified atom stereocenters. The molecule has 0 radical (unpaired) electrons. The van der Waals surface area contributed by atoms with Gasteiger partial charge in [-0.05, 0) is 12.8 Å². The maximum Gasteiger partial charge on any atom is 0.143 e. The number of halogens is 1. The third-order valence-corrected chi connectivity index (χ3v) is 2.43. The molecule has 0 aliphatic carbocycles. The molecule has 1 aromatic rings. The van der Waals surface area contributed by atoms with Crippen molar-refractivity contribution in [3.63, 3.8) is 0 Å². The SMILES string of the molecule is CCn1c(CBr)nnc1CC(C)C. The second kappa shape index (κ2) is 4.74. The van der Waals surface area contributed by atoms with Gasteiger partial charge in [-0.3, -0.25) is 0 Å². The molecule has 0 aliphatic heterocycles. The van der Waals surface area contributed by atoms with E-state index in [9.17, 15) is 0 Å². The highest BCUT2D eigenvalue weighted by Crippen LogP contribution is 2.10. The third-order valence-electron chi connectivity index (χ3n) is 1.93. The highest BCUT2D eigenvalue weighted by Gasteiger charge is 2.10. The Labute approximate surface area is 87.7 Å². The summed E-state index contributed by atoms with van der Waals surface area (Å²) in [7, 11) is 0. The second-order valence-corrected chi connectivity index (χ2v) is 4.07. The Morgan fingerprint density at radius 1 is 1.31 bits per heavy atom. The molecule has 0 aromatic carbocycles. The molecule has 0 amide bonds. The van der Waals surface area contributed by atoms with Crippen LogP contribution in [0.3, 0.4) is 0 Å². The van der Waals surface area contributed by atoms with Crippen LogP contribution < -0.4 is 0 Å². The lowest BCUT2D eigenvalue weighted by Crippen LogP contribution is -2.07. The van der Waals surface area contributed by atoms with Crippen molar-refractivity contribution in [1.82, 2.24) is 14.8 Å². The lowest BCUT2D eigenvalue weighted by Gasteiger charge is -2.07. The Morgan fingerprint density at radius 2 is 1.92 bits per heavy atom. The Kier molecular flexibility index (Phi) is 3.90. The molecule has 4 heteroatoms. The fraction of sp³-hybridized carbons (Fsp3) is 0.778. The molecule has 1 aromatic heterocycles. The summed E-state index contributed by atoms with van der Waals surface area (Å²) in [5.74, 6) is 2.77. The highest BCUT2D eigenvalue weighted by molar-refractivity contribution is 9.08. The van der Waals surface area contributed by atoms with Crippen molar-refractivity contribution in [3.8, 4) is 0 Å². The second-order valence-electron chi connectivity index (χ2n) is 3.51. The Morgan fingerprint density at radius 3 is 2.38 bits per heavy atom. The molecular formula is C9H16BrN3. The van der Waals surface area contributed by atoms with E-state index in [0.29, 0.717) is 5.92 Å². The van der Waals surface area contributed by atoms with E-state index in [1.54, 1.807) is 0 Å². The van der Waals surface area contributed by atoms with Crippen molar-refractivity contribution < 1.29 is 0 Å². The fourth-order valence-electron chi connectivity index (χ4n) is 1.35. The lowest BCUT2D eigenvalue weighted by molar-refractivity contribution is 0.578. The zero-order valence-corrected chi connectivity index (χ0v) is 10.0. The van der Waals surface area contributed by atoms with Gasteiger partial charge in [0.2, 0.25) is 0 Å². The number of rotatable bonds is 4. The first kappa shape index (κ1) is 10.7. The van der Waals surface area contributed by atoms with E-state index < -0.39 is 0 Å². The van der Waals surface area contributed by atoms with Gasteiger partial charge in [0.15, 0.2) is 0 Å². The van der Waals surface area contributed by atoms with Crippen LogP contribution in [0, 0.1) is 5.92 Å². The summed E-state index contributed by atoms with van der Waals surface area (Å²) in [4.78, 5) is 0. The Bertz CT molecular complexity index is 268. The minimum atomic E-state index is 0.637. The van der Waals surface area contributed by atoms with Gasteiger partial charge in [0, 0.05) is 13.0 Å². The summed E-state index contributed by atoms with van der Waals surface area (Å²) in [6, 6.07) is 0. The van der Waals surface area contributed by atoms with Crippen molar-refractivity contribution in [3.05, 3.63) is 11.6 Å². The third kappa shape index (κ3) is 2.53. The zero-order valence-electron chi connectivity index (χ0n) is 8.42. The number of nitrogens with zero attached hydrogens (tertiary/aromatic N) is 3. The average Bonchev–Trinajstić information content (AvgIpc) is 2.45. The van der Waals surface area contributed by atoms with E-state index in [1.807, 2.05) is 0 Å². The largest absolute Gasteiger partial charge is 0.315 e. The summed E-state index contributed by atoms with van der Waals surface area (Å²) in [5.41, 5.74) is 0. The first-order chi connectivity index (χ1) is 6.19. The normalized spacial score (nSPS) is 11.2. The van der Waals surface area contributed by atoms with Gasteiger partial charge >= 0.3 is 0 Å². The van der Waals surface area contributed by atoms with Crippen molar-refractivity contribution in [2.24, 2.45) is 5.92 Å². The molecule has 0 aliphatic rings. The van der Waals surface area contributed by atoms with Crippen LogP contribution in [0.4, 0.5) is 0 Å². The van der Waals surface area contributed by atoms with Crippen molar-refractivity contribution in [2.45, 2.75) is 39.1 Å². The zero-order chi connectivity index (χ0) is 9.84. The van der Waals surface area contributed by atoms with E-state index in [0.717, 1.165) is 29.9 Å². The van der Waals surface area contributed by atoms with Gasteiger partial charge in [-0.15, -0.1) is 10.2 Å². The molecule has 13 heavy (non-hydrogen) atoms. The standard InChI is InChI=1S/C9H16BrN3/c1-4-13-8(5-7(2)3)11-12-9(13)6-10/h7H,4-6H2,1-3H3. The van der Waals surface area contributed by atoms with Crippen LogP contribution in [0.2, 0.25) is 0 Å². The van der Waals surface area contributed by atoms with Crippen LogP contribution in [0.15, 0.2) is 0 Å². The van der Waals surface area contributed by atoms with Crippen molar-refractivity contribution in [2.75, 3.05) is 0 Å².